The van der Waals surface area contributed by atoms with Gasteiger partial charge in [-0.3, -0.25) is 4.79 Å². The molecule has 7 nitrogen and oxygen atoms in total. The predicted molar refractivity (Wildman–Crippen MR) is 104 cm³/mol. The first-order valence-electron chi connectivity index (χ1n) is 9.47. The number of nitrogens with one attached hydrogen (secondary N) is 2. The van der Waals surface area contributed by atoms with Crippen LogP contribution in [0.1, 0.15) is 56.4 Å². The first kappa shape index (κ1) is 20.7. The molecule has 0 bridgehead atoms. The van der Waals surface area contributed by atoms with Crippen LogP contribution in [-0.4, -0.2) is 60.1 Å². The highest BCUT2D eigenvalue weighted by atomic mass is 35.5. The van der Waals surface area contributed by atoms with Gasteiger partial charge in [-0.05, 0) is 25.9 Å². The maximum atomic E-state index is 12.4. The van der Waals surface area contributed by atoms with Gasteiger partial charge in [-0.25, -0.2) is 4.98 Å². The fraction of sp³-hybridized carbons (Fsp3) is 0.722. The summed E-state index contributed by atoms with van der Waals surface area (Å²) in [7, 11) is 1.48. The summed E-state index contributed by atoms with van der Waals surface area (Å²) in [6.45, 7) is 7.40. The molecule has 1 aromatic rings. The molecule has 0 aromatic carbocycles. The number of hydrogen-bond donors (Lipinski definition) is 2. The van der Waals surface area contributed by atoms with Crippen LogP contribution in [0, 0.1) is 0 Å². The van der Waals surface area contributed by atoms with E-state index in [-0.39, 0.29) is 22.6 Å². The number of hydrogen-bond acceptors (Lipinski definition) is 6. The number of nitrogens with zero attached hydrogens (tertiary/aromatic N) is 3. The van der Waals surface area contributed by atoms with E-state index in [2.05, 4.69) is 39.3 Å². The van der Waals surface area contributed by atoms with Crippen molar-refractivity contribution in [1.29, 1.82) is 0 Å². The van der Waals surface area contributed by atoms with Crippen molar-refractivity contribution in [2.75, 3.05) is 38.6 Å². The normalized spacial score (nSPS) is 15.1. The van der Waals surface area contributed by atoms with Gasteiger partial charge in [0.1, 0.15) is 0 Å². The van der Waals surface area contributed by atoms with Crippen molar-refractivity contribution in [2.24, 2.45) is 0 Å². The number of carbonyl (C=O) groups excluding carboxylic acids is 1. The minimum atomic E-state index is -0.326. The zero-order valence-corrected chi connectivity index (χ0v) is 16.7. The molecule has 8 heteroatoms. The zero-order valence-electron chi connectivity index (χ0n) is 16.0. The van der Waals surface area contributed by atoms with E-state index in [4.69, 9.17) is 16.3 Å². The summed E-state index contributed by atoms with van der Waals surface area (Å²) in [5.41, 5.74) is 0.117. The average Bonchev–Trinajstić information content (AvgIpc) is 2.67. The summed E-state index contributed by atoms with van der Waals surface area (Å²) in [6, 6.07) is 0.342. The zero-order chi connectivity index (χ0) is 18.9. The number of halogens is 1. The van der Waals surface area contributed by atoms with Gasteiger partial charge in [0, 0.05) is 19.1 Å². The second-order valence-corrected chi connectivity index (χ2v) is 6.84. The maximum absolute atomic E-state index is 12.4. The molecule has 1 aliphatic carbocycles. The topological polar surface area (TPSA) is 79.4 Å². The Bertz CT molecular complexity index is 589. The summed E-state index contributed by atoms with van der Waals surface area (Å²) in [5.74, 6) is 0.343. The van der Waals surface area contributed by atoms with Crippen LogP contribution < -0.4 is 15.4 Å². The second kappa shape index (κ2) is 10.5. The van der Waals surface area contributed by atoms with Crippen LogP contribution in [0.15, 0.2) is 0 Å². The van der Waals surface area contributed by atoms with E-state index in [1.807, 2.05) is 0 Å². The van der Waals surface area contributed by atoms with Crippen molar-refractivity contribution < 1.29 is 9.53 Å². The van der Waals surface area contributed by atoms with E-state index in [0.29, 0.717) is 18.4 Å². The monoisotopic (exact) mass is 383 g/mol. The Morgan fingerprint density at radius 1 is 1.23 bits per heavy atom. The second-order valence-electron chi connectivity index (χ2n) is 6.48. The lowest BCUT2D eigenvalue weighted by molar-refractivity contribution is 0.0939. The van der Waals surface area contributed by atoms with E-state index in [0.717, 1.165) is 32.5 Å². The molecular weight excluding hydrogens is 354 g/mol. The fourth-order valence-electron chi connectivity index (χ4n) is 3.17. The first-order chi connectivity index (χ1) is 12.6. The largest absolute Gasteiger partial charge is 0.479 e. The average molecular weight is 384 g/mol. The molecule has 1 fully saturated rings. The van der Waals surface area contributed by atoms with Gasteiger partial charge in [0.05, 0.1) is 7.11 Å². The number of ether oxygens (including phenoxy) is 1. The maximum Gasteiger partial charge on any atom is 0.275 e. The van der Waals surface area contributed by atoms with E-state index in [9.17, 15) is 4.79 Å². The van der Waals surface area contributed by atoms with Crippen LogP contribution in [0.25, 0.3) is 0 Å². The van der Waals surface area contributed by atoms with Gasteiger partial charge in [-0.1, -0.05) is 44.7 Å². The predicted octanol–water partition coefficient (Wildman–Crippen LogP) is 2.95. The van der Waals surface area contributed by atoms with Gasteiger partial charge in [0.2, 0.25) is 5.88 Å². The van der Waals surface area contributed by atoms with Gasteiger partial charge in [0.25, 0.3) is 5.91 Å². The van der Waals surface area contributed by atoms with E-state index >= 15 is 0 Å². The summed E-state index contributed by atoms with van der Waals surface area (Å²) in [4.78, 5) is 23.3. The van der Waals surface area contributed by atoms with Gasteiger partial charge in [-0.2, -0.15) is 4.98 Å². The number of amides is 1. The highest BCUT2D eigenvalue weighted by Gasteiger charge is 2.21. The van der Waals surface area contributed by atoms with Crippen LogP contribution in [0.4, 0.5) is 5.82 Å². The summed E-state index contributed by atoms with van der Waals surface area (Å²) >= 11 is 6.27. The van der Waals surface area contributed by atoms with Crippen molar-refractivity contribution in [2.45, 2.75) is 52.0 Å². The summed E-state index contributed by atoms with van der Waals surface area (Å²) < 4.78 is 5.28. The van der Waals surface area contributed by atoms with Crippen molar-refractivity contribution in [1.82, 2.24) is 20.2 Å². The van der Waals surface area contributed by atoms with Gasteiger partial charge in [0.15, 0.2) is 16.7 Å². The molecule has 0 saturated heterocycles. The molecule has 2 N–H and O–H groups in total. The number of rotatable bonds is 9. The molecule has 2 rings (SSSR count). The number of aromatic nitrogens is 2. The lowest BCUT2D eigenvalue weighted by Gasteiger charge is -2.24. The minimum absolute atomic E-state index is 0.117. The van der Waals surface area contributed by atoms with Gasteiger partial charge in [-0.15, -0.1) is 0 Å². The van der Waals surface area contributed by atoms with E-state index < -0.39 is 0 Å². The Hall–Kier alpha value is -1.60. The van der Waals surface area contributed by atoms with Crippen LogP contribution >= 0.6 is 11.6 Å². The van der Waals surface area contributed by atoms with Crippen molar-refractivity contribution in [3.63, 3.8) is 0 Å². The molecular formula is C18H30ClN5O2. The fourth-order valence-corrected chi connectivity index (χ4v) is 3.35. The first-order valence-corrected chi connectivity index (χ1v) is 9.85. The molecule has 146 valence electrons. The number of anilines is 1. The quantitative estimate of drug-likeness (QED) is 0.682. The van der Waals surface area contributed by atoms with Crippen LogP contribution in [0.3, 0.4) is 0 Å². The molecule has 0 atom stereocenters. The Balaban J connectivity index is 2.03. The molecule has 1 heterocycles. The van der Waals surface area contributed by atoms with Crippen LogP contribution in [-0.2, 0) is 0 Å². The van der Waals surface area contributed by atoms with Gasteiger partial charge < -0.3 is 20.3 Å². The molecule has 0 radical (unpaired) electrons. The SMILES string of the molecule is CCN(CC)CCNC(=O)c1nc(Cl)c(NC2CCCCC2)nc1OC. The number of methoxy groups -OCH3 is 1. The van der Waals surface area contributed by atoms with E-state index in [1.165, 1.54) is 26.4 Å². The number of carbonyl (C=O) groups is 1. The molecule has 1 amide bonds. The molecule has 1 aliphatic rings. The van der Waals surface area contributed by atoms with Crippen molar-refractivity contribution >= 4 is 23.3 Å². The third-order valence-corrected chi connectivity index (χ3v) is 5.05. The minimum Gasteiger partial charge on any atom is -0.479 e. The molecule has 1 saturated carbocycles. The lowest BCUT2D eigenvalue weighted by atomic mass is 9.95. The third kappa shape index (κ3) is 5.71. The van der Waals surface area contributed by atoms with E-state index in [1.54, 1.807) is 0 Å². The standard InChI is InChI=1S/C18H30ClN5O2/c1-4-24(5-2)12-11-20-17(25)14-18(26-3)23-16(15(19)22-14)21-13-9-7-6-8-10-13/h13H,4-12H2,1-3H3,(H,20,25)(H,21,23). The highest BCUT2D eigenvalue weighted by molar-refractivity contribution is 6.31. The molecule has 0 unspecified atom stereocenters. The van der Waals surface area contributed by atoms with Crippen molar-refractivity contribution in [3.05, 3.63) is 10.8 Å². The lowest BCUT2D eigenvalue weighted by Crippen LogP contribution is -2.35. The Morgan fingerprint density at radius 3 is 2.54 bits per heavy atom. The van der Waals surface area contributed by atoms with Crippen LogP contribution in [0.2, 0.25) is 5.15 Å². The van der Waals surface area contributed by atoms with Crippen LogP contribution in [0.5, 0.6) is 5.88 Å². The van der Waals surface area contributed by atoms with Crippen molar-refractivity contribution in [3.8, 4) is 5.88 Å². The molecule has 0 spiro atoms. The Labute approximate surface area is 160 Å². The third-order valence-electron chi connectivity index (χ3n) is 4.78. The summed E-state index contributed by atoms with van der Waals surface area (Å²) in [5, 5.41) is 6.40. The molecule has 26 heavy (non-hydrogen) atoms. The highest BCUT2D eigenvalue weighted by Crippen LogP contribution is 2.27. The molecule has 1 aromatic heterocycles. The Morgan fingerprint density at radius 2 is 1.92 bits per heavy atom. The molecule has 0 aliphatic heterocycles. The smallest absolute Gasteiger partial charge is 0.275 e. The summed E-state index contributed by atoms with van der Waals surface area (Å²) in [6.07, 6.45) is 5.86. The Kier molecular flexibility index (Phi) is 8.38. The number of likely N-dealkylation sites (N-methyl/N-ethyl adjacent to an activating group) is 1. The van der Waals surface area contributed by atoms with Gasteiger partial charge >= 0.3 is 0 Å².